The molecule has 2 aromatic heterocycles. The van der Waals surface area contributed by atoms with Crippen molar-refractivity contribution in [2.45, 2.75) is 53.1 Å². The topological polar surface area (TPSA) is 93.2 Å². The van der Waals surface area contributed by atoms with Gasteiger partial charge in [0.2, 0.25) is 0 Å². The number of aryl methyl sites for hydroxylation is 4. The minimum absolute atomic E-state index is 0.562. The largest absolute Gasteiger partial charge is 0.356 e. The molecule has 0 radical (unpaired) electrons. The lowest BCUT2D eigenvalue weighted by molar-refractivity contribution is 0.422. The van der Waals surface area contributed by atoms with Crippen molar-refractivity contribution < 1.29 is 4.52 Å². The molecule has 0 fully saturated rings. The third kappa shape index (κ3) is 5.92. The molecule has 160 valence electrons. The Kier molecular flexibility index (Phi) is 7.59. The highest BCUT2D eigenvalue weighted by atomic mass is 16.5. The van der Waals surface area contributed by atoms with E-state index in [9.17, 15) is 0 Å². The van der Waals surface area contributed by atoms with Gasteiger partial charge in [0.25, 0.3) is 5.89 Å². The lowest BCUT2D eigenvalue weighted by Gasteiger charge is -2.12. The van der Waals surface area contributed by atoms with Crippen molar-refractivity contribution >= 4 is 5.96 Å². The van der Waals surface area contributed by atoms with E-state index in [0.29, 0.717) is 12.4 Å². The maximum Gasteiger partial charge on any atom is 0.257 e. The number of guanidine groups is 1. The van der Waals surface area contributed by atoms with Crippen molar-refractivity contribution in [3.8, 4) is 11.5 Å². The smallest absolute Gasteiger partial charge is 0.257 e. The van der Waals surface area contributed by atoms with Gasteiger partial charge in [-0.2, -0.15) is 10.1 Å². The fourth-order valence-corrected chi connectivity index (χ4v) is 3.25. The molecule has 0 amide bonds. The Hall–Kier alpha value is -3.16. The molecule has 3 aromatic rings. The number of hydrogen-bond donors (Lipinski definition) is 2. The van der Waals surface area contributed by atoms with Crippen molar-refractivity contribution in [2.75, 3.05) is 13.6 Å². The Morgan fingerprint density at radius 2 is 2.07 bits per heavy atom. The summed E-state index contributed by atoms with van der Waals surface area (Å²) >= 11 is 0. The maximum absolute atomic E-state index is 5.39. The first-order valence-corrected chi connectivity index (χ1v) is 10.5. The van der Waals surface area contributed by atoms with Crippen LogP contribution in [0, 0.1) is 13.8 Å². The summed E-state index contributed by atoms with van der Waals surface area (Å²) in [5, 5.41) is 15.2. The fraction of sp³-hybridized carbons (Fsp3) is 0.455. The molecule has 0 bridgehead atoms. The van der Waals surface area contributed by atoms with E-state index in [-0.39, 0.29) is 0 Å². The van der Waals surface area contributed by atoms with Crippen molar-refractivity contribution in [3.63, 3.8) is 0 Å². The number of benzene rings is 1. The molecule has 1 aromatic carbocycles. The van der Waals surface area contributed by atoms with Crippen LogP contribution in [0.2, 0.25) is 0 Å². The summed E-state index contributed by atoms with van der Waals surface area (Å²) in [6.07, 6.45) is 2.79. The number of aromatic nitrogens is 4. The molecule has 0 saturated carbocycles. The summed E-state index contributed by atoms with van der Waals surface area (Å²) in [5.74, 6) is 2.09. The van der Waals surface area contributed by atoms with Gasteiger partial charge in [-0.05, 0) is 50.5 Å². The van der Waals surface area contributed by atoms with E-state index >= 15 is 0 Å². The molecule has 0 spiro atoms. The normalized spacial score (nSPS) is 11.7. The van der Waals surface area contributed by atoms with Crippen LogP contribution in [-0.4, -0.2) is 39.5 Å². The van der Waals surface area contributed by atoms with Gasteiger partial charge in [0.1, 0.15) is 0 Å². The van der Waals surface area contributed by atoms with Gasteiger partial charge in [0.05, 0.1) is 5.69 Å². The fourth-order valence-electron chi connectivity index (χ4n) is 3.25. The number of nitrogens with zero attached hydrogens (tertiary/aromatic N) is 5. The van der Waals surface area contributed by atoms with Gasteiger partial charge < -0.3 is 15.2 Å². The Labute approximate surface area is 177 Å². The number of aliphatic imine (C=N–C) groups is 1. The molecule has 0 aliphatic rings. The SMILES string of the molecule is CCCc1noc(-c2cccc(CNC(=NC)NCCCn3nc(C)cc3C)c2)n1. The van der Waals surface area contributed by atoms with E-state index in [4.69, 9.17) is 4.52 Å². The second-order valence-electron chi connectivity index (χ2n) is 7.32. The van der Waals surface area contributed by atoms with Gasteiger partial charge in [0.15, 0.2) is 11.8 Å². The minimum atomic E-state index is 0.562. The maximum atomic E-state index is 5.39. The summed E-state index contributed by atoms with van der Waals surface area (Å²) in [6.45, 7) is 8.56. The second kappa shape index (κ2) is 10.6. The van der Waals surface area contributed by atoms with E-state index < -0.39 is 0 Å². The van der Waals surface area contributed by atoms with Gasteiger partial charge in [-0.3, -0.25) is 9.67 Å². The number of nitrogens with one attached hydrogen (secondary N) is 2. The van der Waals surface area contributed by atoms with E-state index in [1.165, 1.54) is 5.69 Å². The molecule has 8 heteroatoms. The van der Waals surface area contributed by atoms with E-state index in [1.54, 1.807) is 7.05 Å². The highest BCUT2D eigenvalue weighted by Crippen LogP contribution is 2.19. The minimum Gasteiger partial charge on any atom is -0.356 e. The number of rotatable bonds is 9. The first kappa shape index (κ1) is 21.5. The molecule has 30 heavy (non-hydrogen) atoms. The van der Waals surface area contributed by atoms with Crippen molar-refractivity contribution in [2.24, 2.45) is 4.99 Å². The van der Waals surface area contributed by atoms with Crippen LogP contribution >= 0.6 is 0 Å². The standard InChI is InChI=1S/C22H31N7O/c1-5-8-20-26-21(30-28-20)19-10-6-9-18(14-19)15-25-22(23-4)24-11-7-12-29-17(3)13-16(2)27-29/h6,9-10,13-14H,5,7-8,11-12,15H2,1-4H3,(H2,23,24,25). The Bertz CT molecular complexity index is 974. The average Bonchev–Trinajstić information content (AvgIpc) is 3.34. The number of hydrogen-bond acceptors (Lipinski definition) is 5. The van der Waals surface area contributed by atoms with Crippen LogP contribution < -0.4 is 10.6 Å². The zero-order chi connectivity index (χ0) is 21.3. The van der Waals surface area contributed by atoms with Crippen LogP contribution in [0.5, 0.6) is 0 Å². The van der Waals surface area contributed by atoms with Crippen LogP contribution in [0.1, 0.15) is 42.5 Å². The van der Waals surface area contributed by atoms with Crippen molar-refractivity contribution in [1.82, 2.24) is 30.6 Å². The molecule has 0 unspecified atom stereocenters. The highest BCUT2D eigenvalue weighted by molar-refractivity contribution is 5.79. The lowest BCUT2D eigenvalue weighted by atomic mass is 10.1. The van der Waals surface area contributed by atoms with E-state index in [0.717, 1.165) is 61.0 Å². The van der Waals surface area contributed by atoms with Crippen LogP contribution in [0.15, 0.2) is 39.8 Å². The Morgan fingerprint density at radius 3 is 2.80 bits per heavy atom. The van der Waals surface area contributed by atoms with Crippen LogP contribution in [-0.2, 0) is 19.5 Å². The quantitative estimate of drug-likeness (QED) is 0.320. The third-order valence-electron chi connectivity index (χ3n) is 4.74. The molecule has 2 heterocycles. The molecule has 2 N–H and O–H groups in total. The molecule has 8 nitrogen and oxygen atoms in total. The summed E-state index contributed by atoms with van der Waals surface area (Å²) < 4.78 is 7.44. The first-order chi connectivity index (χ1) is 14.6. The molecular formula is C22H31N7O. The second-order valence-corrected chi connectivity index (χ2v) is 7.32. The first-order valence-electron chi connectivity index (χ1n) is 10.5. The predicted molar refractivity (Wildman–Crippen MR) is 118 cm³/mol. The summed E-state index contributed by atoms with van der Waals surface area (Å²) in [7, 11) is 1.78. The molecule has 0 atom stereocenters. The predicted octanol–water partition coefficient (Wildman–Crippen LogP) is 3.26. The van der Waals surface area contributed by atoms with Crippen molar-refractivity contribution in [1.29, 1.82) is 0 Å². The van der Waals surface area contributed by atoms with Gasteiger partial charge in [-0.15, -0.1) is 0 Å². The Morgan fingerprint density at radius 1 is 1.20 bits per heavy atom. The monoisotopic (exact) mass is 409 g/mol. The lowest BCUT2D eigenvalue weighted by Crippen LogP contribution is -2.37. The highest BCUT2D eigenvalue weighted by Gasteiger charge is 2.09. The zero-order valence-electron chi connectivity index (χ0n) is 18.3. The van der Waals surface area contributed by atoms with Crippen LogP contribution in [0.3, 0.4) is 0 Å². The van der Waals surface area contributed by atoms with Gasteiger partial charge in [-0.25, -0.2) is 0 Å². The molecule has 0 aliphatic heterocycles. The van der Waals surface area contributed by atoms with Gasteiger partial charge in [-0.1, -0.05) is 24.2 Å². The summed E-state index contributed by atoms with van der Waals surface area (Å²) in [5.41, 5.74) is 4.30. The van der Waals surface area contributed by atoms with Gasteiger partial charge in [0, 0.05) is 44.4 Å². The average molecular weight is 410 g/mol. The van der Waals surface area contributed by atoms with Gasteiger partial charge >= 0.3 is 0 Å². The van der Waals surface area contributed by atoms with Crippen molar-refractivity contribution in [3.05, 3.63) is 53.1 Å². The summed E-state index contributed by atoms with van der Waals surface area (Å²) in [4.78, 5) is 8.77. The molecule has 0 saturated heterocycles. The molecule has 0 aliphatic carbocycles. The zero-order valence-corrected chi connectivity index (χ0v) is 18.3. The van der Waals surface area contributed by atoms with Crippen LogP contribution in [0.4, 0.5) is 0 Å². The Balaban J connectivity index is 1.48. The van der Waals surface area contributed by atoms with Crippen LogP contribution in [0.25, 0.3) is 11.5 Å². The van der Waals surface area contributed by atoms with E-state index in [1.807, 2.05) is 23.7 Å². The third-order valence-corrected chi connectivity index (χ3v) is 4.74. The molecular weight excluding hydrogens is 378 g/mol. The summed E-state index contributed by atoms with van der Waals surface area (Å²) in [6, 6.07) is 10.2. The molecule has 3 rings (SSSR count). The van der Waals surface area contributed by atoms with E-state index in [2.05, 4.69) is 62.9 Å².